The van der Waals surface area contributed by atoms with Gasteiger partial charge in [0, 0.05) is 32.7 Å². The molecule has 2 heteroatoms. The van der Waals surface area contributed by atoms with E-state index in [9.17, 15) is 0 Å². The number of nitrogens with zero attached hydrogens (tertiary/aromatic N) is 1. The largest absolute Gasteiger partial charge is 0.314 e. The van der Waals surface area contributed by atoms with E-state index in [1.54, 1.807) is 5.56 Å². The molecule has 2 fully saturated rings. The van der Waals surface area contributed by atoms with Crippen molar-refractivity contribution in [1.29, 1.82) is 0 Å². The summed E-state index contributed by atoms with van der Waals surface area (Å²) in [5.41, 5.74) is 3.64. The number of hydrogen-bond acceptors (Lipinski definition) is 2. The SMILES string of the molecule is CC1(C)CCC(c2ccc(CCN3CCNCC3)cc2)CC1. The highest BCUT2D eigenvalue weighted by atomic mass is 15.2. The molecular weight excluding hydrogens is 268 g/mol. The minimum absolute atomic E-state index is 0.569. The molecular formula is C20H32N2. The fraction of sp³-hybridized carbons (Fsp3) is 0.700. The summed E-state index contributed by atoms with van der Waals surface area (Å²) in [5, 5.41) is 3.42. The van der Waals surface area contributed by atoms with Gasteiger partial charge in [-0.05, 0) is 54.6 Å². The Bertz CT molecular complexity index is 447. The summed E-state index contributed by atoms with van der Waals surface area (Å²) in [4.78, 5) is 2.58. The zero-order valence-corrected chi connectivity index (χ0v) is 14.4. The third-order valence-electron chi connectivity index (χ3n) is 5.72. The van der Waals surface area contributed by atoms with Crippen LogP contribution >= 0.6 is 0 Å². The molecule has 1 heterocycles. The highest BCUT2D eigenvalue weighted by molar-refractivity contribution is 5.26. The average molecular weight is 300 g/mol. The highest BCUT2D eigenvalue weighted by Gasteiger charge is 2.27. The van der Waals surface area contributed by atoms with Crippen LogP contribution in [-0.4, -0.2) is 37.6 Å². The summed E-state index contributed by atoms with van der Waals surface area (Å²) in [6, 6.07) is 9.54. The van der Waals surface area contributed by atoms with Gasteiger partial charge in [-0.25, -0.2) is 0 Å². The van der Waals surface area contributed by atoms with E-state index in [2.05, 4.69) is 48.3 Å². The van der Waals surface area contributed by atoms with Gasteiger partial charge in [-0.3, -0.25) is 0 Å². The van der Waals surface area contributed by atoms with E-state index >= 15 is 0 Å². The quantitative estimate of drug-likeness (QED) is 0.909. The molecule has 122 valence electrons. The molecule has 2 nitrogen and oxygen atoms in total. The number of hydrogen-bond donors (Lipinski definition) is 1. The Balaban J connectivity index is 1.49. The maximum Gasteiger partial charge on any atom is 0.0108 e. The minimum Gasteiger partial charge on any atom is -0.314 e. The van der Waals surface area contributed by atoms with E-state index in [4.69, 9.17) is 0 Å². The first-order valence-electron chi connectivity index (χ1n) is 9.14. The van der Waals surface area contributed by atoms with Gasteiger partial charge in [-0.1, -0.05) is 38.1 Å². The Kier molecular flexibility index (Phi) is 5.20. The lowest BCUT2D eigenvalue weighted by molar-refractivity contribution is 0.224. The van der Waals surface area contributed by atoms with Crippen molar-refractivity contribution in [3.05, 3.63) is 35.4 Å². The first-order valence-corrected chi connectivity index (χ1v) is 9.14. The number of piperazine rings is 1. The molecule has 0 bridgehead atoms. The van der Waals surface area contributed by atoms with Gasteiger partial charge in [0.1, 0.15) is 0 Å². The molecule has 0 aromatic heterocycles. The van der Waals surface area contributed by atoms with E-state index in [-0.39, 0.29) is 0 Å². The van der Waals surface area contributed by atoms with Crippen molar-refractivity contribution in [1.82, 2.24) is 10.2 Å². The van der Waals surface area contributed by atoms with Gasteiger partial charge in [0.15, 0.2) is 0 Å². The van der Waals surface area contributed by atoms with Crippen molar-refractivity contribution in [2.45, 2.75) is 51.9 Å². The Morgan fingerprint density at radius 3 is 2.32 bits per heavy atom. The van der Waals surface area contributed by atoms with E-state index in [0.29, 0.717) is 5.41 Å². The summed E-state index contributed by atoms with van der Waals surface area (Å²) >= 11 is 0. The van der Waals surface area contributed by atoms with Crippen LogP contribution < -0.4 is 5.32 Å². The molecule has 0 unspecified atom stereocenters. The number of nitrogens with one attached hydrogen (secondary N) is 1. The van der Waals surface area contributed by atoms with Gasteiger partial charge in [-0.15, -0.1) is 0 Å². The number of rotatable bonds is 4. The molecule has 0 atom stereocenters. The van der Waals surface area contributed by atoms with Gasteiger partial charge in [-0.2, -0.15) is 0 Å². The van der Waals surface area contributed by atoms with E-state index in [0.717, 1.165) is 19.0 Å². The maximum absolute atomic E-state index is 3.42. The highest BCUT2D eigenvalue weighted by Crippen LogP contribution is 2.42. The summed E-state index contributed by atoms with van der Waals surface area (Å²) in [6.45, 7) is 10.8. The molecule has 1 aromatic carbocycles. The predicted octanol–water partition coefficient (Wildman–Crippen LogP) is 3.82. The normalized spacial score (nSPS) is 23.5. The van der Waals surface area contributed by atoms with Crippen LogP contribution in [0.2, 0.25) is 0 Å². The molecule has 1 saturated carbocycles. The first-order chi connectivity index (χ1) is 10.6. The molecule has 3 rings (SSSR count). The second-order valence-electron chi connectivity index (χ2n) is 8.02. The van der Waals surface area contributed by atoms with Crippen molar-refractivity contribution in [3.63, 3.8) is 0 Å². The van der Waals surface area contributed by atoms with Crippen LogP contribution in [0.5, 0.6) is 0 Å². The van der Waals surface area contributed by atoms with Gasteiger partial charge < -0.3 is 10.2 Å². The van der Waals surface area contributed by atoms with Crippen LogP contribution in [-0.2, 0) is 6.42 Å². The maximum atomic E-state index is 3.42. The minimum atomic E-state index is 0.569. The van der Waals surface area contributed by atoms with Gasteiger partial charge in [0.25, 0.3) is 0 Å². The molecule has 2 aliphatic rings. The van der Waals surface area contributed by atoms with Crippen molar-refractivity contribution >= 4 is 0 Å². The fourth-order valence-electron chi connectivity index (χ4n) is 3.91. The van der Waals surface area contributed by atoms with Crippen molar-refractivity contribution in [2.24, 2.45) is 5.41 Å². The predicted molar refractivity (Wildman–Crippen MR) is 94.4 cm³/mol. The smallest absolute Gasteiger partial charge is 0.0108 e. The topological polar surface area (TPSA) is 15.3 Å². The molecule has 1 saturated heterocycles. The molecule has 1 aliphatic carbocycles. The van der Waals surface area contributed by atoms with Crippen LogP contribution in [0.25, 0.3) is 0 Å². The van der Waals surface area contributed by atoms with E-state index in [1.807, 2.05) is 0 Å². The molecule has 1 N–H and O–H groups in total. The molecule has 0 amide bonds. The van der Waals surface area contributed by atoms with E-state index in [1.165, 1.54) is 57.3 Å². The fourth-order valence-corrected chi connectivity index (χ4v) is 3.91. The van der Waals surface area contributed by atoms with E-state index < -0.39 is 0 Å². The van der Waals surface area contributed by atoms with Gasteiger partial charge in [0.05, 0.1) is 0 Å². The summed E-state index contributed by atoms with van der Waals surface area (Å²) in [5.74, 6) is 0.801. The second kappa shape index (κ2) is 7.14. The van der Waals surface area contributed by atoms with Crippen LogP contribution in [0, 0.1) is 5.41 Å². The van der Waals surface area contributed by atoms with Crippen LogP contribution in [0.1, 0.15) is 56.6 Å². The Morgan fingerprint density at radius 2 is 1.68 bits per heavy atom. The van der Waals surface area contributed by atoms with Crippen molar-refractivity contribution in [2.75, 3.05) is 32.7 Å². The molecule has 1 aromatic rings. The second-order valence-corrected chi connectivity index (χ2v) is 8.02. The van der Waals surface area contributed by atoms with Crippen molar-refractivity contribution < 1.29 is 0 Å². The molecule has 22 heavy (non-hydrogen) atoms. The lowest BCUT2D eigenvalue weighted by Crippen LogP contribution is -2.44. The lowest BCUT2D eigenvalue weighted by atomic mass is 9.71. The molecule has 1 aliphatic heterocycles. The lowest BCUT2D eigenvalue weighted by Gasteiger charge is -2.34. The van der Waals surface area contributed by atoms with Crippen LogP contribution in [0.4, 0.5) is 0 Å². The Morgan fingerprint density at radius 1 is 1.05 bits per heavy atom. The first kappa shape index (κ1) is 16.0. The third-order valence-corrected chi connectivity index (χ3v) is 5.72. The Labute approximate surface area is 136 Å². The zero-order chi connectivity index (χ0) is 15.4. The molecule has 0 spiro atoms. The van der Waals surface area contributed by atoms with Crippen LogP contribution in [0.15, 0.2) is 24.3 Å². The standard InChI is InChI=1S/C20H32N2/c1-20(2)10-7-19(8-11-20)18-5-3-17(4-6-18)9-14-22-15-12-21-13-16-22/h3-6,19,21H,7-16H2,1-2H3. The van der Waals surface area contributed by atoms with Gasteiger partial charge in [0.2, 0.25) is 0 Å². The zero-order valence-electron chi connectivity index (χ0n) is 14.4. The average Bonchev–Trinajstić information content (AvgIpc) is 2.55. The Hall–Kier alpha value is -0.860. The summed E-state index contributed by atoms with van der Waals surface area (Å²) < 4.78 is 0. The number of benzene rings is 1. The third kappa shape index (κ3) is 4.33. The summed E-state index contributed by atoms with van der Waals surface area (Å²) in [7, 11) is 0. The monoisotopic (exact) mass is 300 g/mol. The van der Waals surface area contributed by atoms with Crippen molar-refractivity contribution in [3.8, 4) is 0 Å². The summed E-state index contributed by atoms with van der Waals surface area (Å²) in [6.07, 6.45) is 6.68. The van der Waals surface area contributed by atoms with Gasteiger partial charge >= 0.3 is 0 Å². The molecule has 0 radical (unpaired) electrons. The van der Waals surface area contributed by atoms with Crippen LogP contribution in [0.3, 0.4) is 0 Å².